The summed E-state index contributed by atoms with van der Waals surface area (Å²) in [6, 6.07) is 12.7. The molecule has 2 aromatic rings. The van der Waals surface area contributed by atoms with Gasteiger partial charge in [-0.2, -0.15) is 0 Å². The summed E-state index contributed by atoms with van der Waals surface area (Å²) in [7, 11) is 0. The van der Waals surface area contributed by atoms with Gasteiger partial charge in [-0.1, -0.05) is 49.2 Å². The van der Waals surface area contributed by atoms with E-state index in [0.29, 0.717) is 18.5 Å². The molecule has 7 nitrogen and oxygen atoms in total. The van der Waals surface area contributed by atoms with E-state index in [4.69, 9.17) is 10.2 Å². The molecule has 0 heterocycles. The Morgan fingerprint density at radius 3 is 2.47 bits per heavy atom. The predicted octanol–water partition coefficient (Wildman–Crippen LogP) is 2.89. The summed E-state index contributed by atoms with van der Waals surface area (Å²) < 4.78 is 0. The highest BCUT2D eigenvalue weighted by Gasteiger charge is 2.26. The van der Waals surface area contributed by atoms with Gasteiger partial charge in [-0.25, -0.2) is 0 Å². The Morgan fingerprint density at radius 1 is 0.938 bits per heavy atom. The molecule has 1 aliphatic carbocycles. The van der Waals surface area contributed by atoms with Gasteiger partial charge < -0.3 is 20.8 Å². The maximum atomic E-state index is 13.1. The first kappa shape index (κ1) is 23.5. The second kappa shape index (κ2) is 11.4. The number of hydrogen-bond donors (Lipinski definition) is 4. The van der Waals surface area contributed by atoms with E-state index < -0.39 is 12.0 Å². The van der Waals surface area contributed by atoms with E-state index in [2.05, 4.69) is 10.6 Å². The molecule has 0 saturated heterocycles. The standard InChI is InChI=1S/C25H30N2O5/c28-15-6-2-1-5-14-26-25(32)22(12-13-23(29)30)27-24(31)20-11-7-10-19-18-9-4-3-8-17(18)16-21(19)20/h3-4,7-11,22,28H,1-2,5-6,12-16H2,(H,26,32)(H,27,31)(H,29,30)/t22-/m0/s1. The van der Waals surface area contributed by atoms with Crippen LogP contribution in [0.15, 0.2) is 42.5 Å². The van der Waals surface area contributed by atoms with Crippen molar-refractivity contribution >= 4 is 17.8 Å². The Labute approximate surface area is 187 Å². The second-order valence-corrected chi connectivity index (χ2v) is 8.05. The van der Waals surface area contributed by atoms with Crippen LogP contribution in [0.3, 0.4) is 0 Å². The van der Waals surface area contributed by atoms with Crippen LogP contribution in [0.2, 0.25) is 0 Å². The molecule has 7 heteroatoms. The fraction of sp³-hybridized carbons (Fsp3) is 0.400. The lowest BCUT2D eigenvalue weighted by atomic mass is 10.00. The predicted molar refractivity (Wildman–Crippen MR) is 121 cm³/mol. The highest BCUT2D eigenvalue weighted by molar-refractivity contribution is 6.01. The van der Waals surface area contributed by atoms with E-state index in [-0.39, 0.29) is 31.3 Å². The van der Waals surface area contributed by atoms with Crippen molar-refractivity contribution in [2.24, 2.45) is 0 Å². The Kier molecular flexibility index (Phi) is 8.39. The summed E-state index contributed by atoms with van der Waals surface area (Å²) >= 11 is 0. The van der Waals surface area contributed by atoms with E-state index in [1.54, 1.807) is 6.07 Å². The number of carboxylic acid groups (broad SMARTS) is 1. The van der Waals surface area contributed by atoms with Crippen LogP contribution in [-0.2, 0) is 16.0 Å². The number of amides is 2. The van der Waals surface area contributed by atoms with Crippen molar-refractivity contribution < 1.29 is 24.6 Å². The van der Waals surface area contributed by atoms with Crippen molar-refractivity contribution in [3.8, 4) is 11.1 Å². The number of carboxylic acids is 1. The Bertz CT molecular complexity index is 973. The number of fused-ring (bicyclic) bond motifs is 3. The number of unbranched alkanes of at least 4 members (excludes halogenated alkanes) is 3. The van der Waals surface area contributed by atoms with Gasteiger partial charge in [-0.05, 0) is 54.0 Å². The molecule has 170 valence electrons. The van der Waals surface area contributed by atoms with Crippen LogP contribution in [0.4, 0.5) is 0 Å². The van der Waals surface area contributed by atoms with E-state index >= 15 is 0 Å². The number of aliphatic hydroxyl groups is 1. The molecule has 2 amide bonds. The molecule has 0 aromatic heterocycles. The fourth-order valence-corrected chi connectivity index (χ4v) is 4.07. The average Bonchev–Trinajstić information content (AvgIpc) is 3.17. The SMILES string of the molecule is O=C(O)CC[C@H](NC(=O)c1cccc2c1Cc1ccccc1-2)C(=O)NCCCCCCO. The number of nitrogens with one attached hydrogen (secondary N) is 2. The van der Waals surface area contributed by atoms with Gasteiger partial charge in [0.1, 0.15) is 6.04 Å². The average molecular weight is 439 g/mol. The molecule has 0 saturated carbocycles. The maximum absolute atomic E-state index is 13.1. The molecule has 0 aliphatic heterocycles. The van der Waals surface area contributed by atoms with Gasteiger partial charge in [-0.3, -0.25) is 14.4 Å². The molecule has 32 heavy (non-hydrogen) atoms. The van der Waals surface area contributed by atoms with Crippen LogP contribution in [0.25, 0.3) is 11.1 Å². The summed E-state index contributed by atoms with van der Waals surface area (Å²) in [4.78, 5) is 36.8. The molecular formula is C25H30N2O5. The zero-order valence-corrected chi connectivity index (χ0v) is 18.1. The molecule has 0 spiro atoms. The lowest BCUT2D eigenvalue weighted by molar-refractivity contribution is -0.137. The van der Waals surface area contributed by atoms with Crippen molar-refractivity contribution in [3.63, 3.8) is 0 Å². The number of carbonyl (C=O) groups is 3. The van der Waals surface area contributed by atoms with Crippen LogP contribution in [0.1, 0.15) is 60.0 Å². The molecule has 0 fully saturated rings. The van der Waals surface area contributed by atoms with Gasteiger partial charge in [0.05, 0.1) is 0 Å². The first-order valence-corrected chi connectivity index (χ1v) is 11.1. The van der Waals surface area contributed by atoms with Crippen molar-refractivity contribution in [2.75, 3.05) is 13.2 Å². The van der Waals surface area contributed by atoms with Gasteiger partial charge in [0, 0.05) is 25.1 Å². The molecule has 0 radical (unpaired) electrons. The van der Waals surface area contributed by atoms with Gasteiger partial charge in [0.2, 0.25) is 5.91 Å². The first-order valence-electron chi connectivity index (χ1n) is 11.1. The minimum Gasteiger partial charge on any atom is -0.481 e. The van der Waals surface area contributed by atoms with E-state index in [1.807, 2.05) is 36.4 Å². The zero-order valence-electron chi connectivity index (χ0n) is 18.1. The molecule has 0 bridgehead atoms. The zero-order chi connectivity index (χ0) is 22.9. The van der Waals surface area contributed by atoms with Crippen molar-refractivity contribution in [1.29, 1.82) is 0 Å². The van der Waals surface area contributed by atoms with E-state index in [1.165, 1.54) is 0 Å². The third-order valence-corrected chi connectivity index (χ3v) is 5.75. The lowest BCUT2D eigenvalue weighted by Crippen LogP contribution is -2.47. The topological polar surface area (TPSA) is 116 Å². The highest BCUT2D eigenvalue weighted by Crippen LogP contribution is 2.38. The molecule has 4 N–H and O–H groups in total. The summed E-state index contributed by atoms with van der Waals surface area (Å²) in [6.07, 6.45) is 3.71. The number of benzene rings is 2. The van der Waals surface area contributed by atoms with Crippen LogP contribution >= 0.6 is 0 Å². The van der Waals surface area contributed by atoms with E-state index in [0.717, 1.165) is 47.9 Å². The number of aliphatic hydroxyl groups excluding tert-OH is 1. The number of hydrogen-bond acceptors (Lipinski definition) is 4. The smallest absolute Gasteiger partial charge is 0.303 e. The van der Waals surface area contributed by atoms with Crippen LogP contribution in [0, 0.1) is 0 Å². The number of aliphatic carboxylic acids is 1. The van der Waals surface area contributed by atoms with Gasteiger partial charge in [0.15, 0.2) is 0 Å². The quantitative estimate of drug-likeness (QED) is 0.325. The first-order chi connectivity index (χ1) is 15.5. The fourth-order valence-electron chi connectivity index (χ4n) is 4.07. The minimum atomic E-state index is -1.02. The van der Waals surface area contributed by atoms with Gasteiger partial charge in [-0.15, -0.1) is 0 Å². The molecule has 1 atom stereocenters. The Hall–Kier alpha value is -3.19. The van der Waals surface area contributed by atoms with Crippen LogP contribution in [-0.4, -0.2) is 47.2 Å². The molecule has 1 aliphatic rings. The molecule has 2 aromatic carbocycles. The molecule has 0 unspecified atom stereocenters. The third-order valence-electron chi connectivity index (χ3n) is 5.75. The maximum Gasteiger partial charge on any atom is 0.303 e. The second-order valence-electron chi connectivity index (χ2n) is 8.05. The summed E-state index contributed by atoms with van der Waals surface area (Å²) in [6.45, 7) is 0.601. The Balaban J connectivity index is 1.67. The van der Waals surface area contributed by atoms with Crippen LogP contribution in [0.5, 0.6) is 0 Å². The van der Waals surface area contributed by atoms with E-state index in [9.17, 15) is 14.4 Å². The van der Waals surface area contributed by atoms with Crippen molar-refractivity contribution in [1.82, 2.24) is 10.6 Å². The molecule has 3 rings (SSSR count). The van der Waals surface area contributed by atoms with Crippen LogP contribution < -0.4 is 10.6 Å². The lowest BCUT2D eigenvalue weighted by Gasteiger charge is -2.19. The summed E-state index contributed by atoms with van der Waals surface area (Å²) in [5, 5.41) is 23.4. The van der Waals surface area contributed by atoms with Crippen molar-refractivity contribution in [2.45, 2.75) is 51.0 Å². The normalized spacial score (nSPS) is 12.5. The largest absolute Gasteiger partial charge is 0.481 e. The highest BCUT2D eigenvalue weighted by atomic mass is 16.4. The van der Waals surface area contributed by atoms with Gasteiger partial charge in [0.25, 0.3) is 5.91 Å². The summed E-state index contributed by atoms with van der Waals surface area (Å²) in [5.74, 6) is -1.77. The third kappa shape index (κ3) is 5.95. The minimum absolute atomic E-state index is 0.0205. The molecular weight excluding hydrogens is 408 g/mol. The number of carbonyl (C=O) groups excluding carboxylic acids is 2. The monoisotopic (exact) mass is 438 g/mol. The number of rotatable bonds is 12. The van der Waals surface area contributed by atoms with Crippen molar-refractivity contribution in [3.05, 3.63) is 59.2 Å². The van der Waals surface area contributed by atoms with Gasteiger partial charge >= 0.3 is 5.97 Å². The summed E-state index contributed by atoms with van der Waals surface area (Å²) in [5.41, 5.74) is 4.72. The Morgan fingerprint density at radius 2 is 1.69 bits per heavy atom.